The molecule has 0 amide bonds. The van der Waals surface area contributed by atoms with Crippen LogP contribution in [0.4, 0.5) is 0 Å². The number of hydrogen-bond acceptors (Lipinski definition) is 4. The minimum absolute atomic E-state index is 0.310. The summed E-state index contributed by atoms with van der Waals surface area (Å²) in [6.07, 6.45) is 9.92. The van der Waals surface area contributed by atoms with Crippen LogP contribution in [0.25, 0.3) is 116 Å². The molecule has 1 unspecified atom stereocenters. The van der Waals surface area contributed by atoms with Crippen LogP contribution in [-0.2, 0) is 0 Å². The number of para-hydroxylation sites is 1. The van der Waals surface area contributed by atoms with E-state index in [4.69, 9.17) is 19.4 Å². The fraction of sp³-hybridized carbons (Fsp3) is 0.0351. The van der Waals surface area contributed by atoms with Gasteiger partial charge in [0.15, 0.2) is 17.5 Å². The average Bonchev–Trinajstić information content (AvgIpc) is 3.88. The Morgan fingerprint density at radius 2 is 1.00 bits per heavy atom. The Labute approximate surface area is 356 Å². The third-order valence-electron chi connectivity index (χ3n) is 12.7. The minimum atomic E-state index is 0.310. The summed E-state index contributed by atoms with van der Waals surface area (Å²) < 4.78 is 9.20. The Kier molecular flexibility index (Phi) is 7.66. The van der Waals surface area contributed by atoms with Crippen LogP contribution in [0.2, 0.25) is 0 Å². The van der Waals surface area contributed by atoms with Crippen molar-refractivity contribution < 1.29 is 4.42 Å². The van der Waals surface area contributed by atoms with Crippen LogP contribution in [0.3, 0.4) is 0 Å². The van der Waals surface area contributed by atoms with Crippen molar-refractivity contribution in [1.82, 2.24) is 19.5 Å². The molecule has 3 aromatic heterocycles. The maximum absolute atomic E-state index is 6.79. The van der Waals surface area contributed by atoms with E-state index in [-0.39, 0.29) is 0 Å². The molecule has 0 aliphatic heterocycles. The first-order valence-electron chi connectivity index (χ1n) is 21.2. The quantitative estimate of drug-likeness (QED) is 0.174. The molecule has 13 rings (SSSR count). The van der Waals surface area contributed by atoms with Gasteiger partial charge in [-0.1, -0.05) is 146 Å². The smallest absolute Gasteiger partial charge is 0.164 e. The SMILES string of the molecule is C1=CCC(c2cc3c(c4ccccc24)c2ccccc2n3-c2ccc3c(c2)oc2cc(-c4nc(-c5ccc6ccccc6c5)nc(-c5ccc6ccccc6c5)n4)ccc23)C=C1. The zero-order chi connectivity index (χ0) is 40.7. The summed E-state index contributed by atoms with van der Waals surface area (Å²) >= 11 is 0. The van der Waals surface area contributed by atoms with E-state index < -0.39 is 0 Å². The molecule has 62 heavy (non-hydrogen) atoms. The highest BCUT2D eigenvalue weighted by atomic mass is 16.3. The number of rotatable bonds is 5. The van der Waals surface area contributed by atoms with E-state index in [9.17, 15) is 0 Å². The second kappa shape index (κ2) is 13.7. The monoisotopic (exact) mass is 792 g/mol. The number of allylic oxidation sites excluding steroid dienone is 4. The lowest BCUT2D eigenvalue weighted by Gasteiger charge is -2.18. The molecule has 5 nitrogen and oxygen atoms in total. The molecule has 0 bridgehead atoms. The van der Waals surface area contributed by atoms with E-state index in [0.29, 0.717) is 23.4 Å². The van der Waals surface area contributed by atoms with Gasteiger partial charge in [-0.3, -0.25) is 0 Å². The molecule has 0 radical (unpaired) electrons. The van der Waals surface area contributed by atoms with E-state index in [0.717, 1.165) is 61.5 Å². The fourth-order valence-electron chi connectivity index (χ4n) is 9.72. The van der Waals surface area contributed by atoms with Crippen LogP contribution in [-0.4, -0.2) is 19.5 Å². The van der Waals surface area contributed by atoms with E-state index >= 15 is 0 Å². The summed E-state index contributed by atoms with van der Waals surface area (Å²) in [5.74, 6) is 2.14. The first kappa shape index (κ1) is 34.7. The molecular weight excluding hydrogens is 757 g/mol. The van der Waals surface area contributed by atoms with Crippen molar-refractivity contribution in [2.24, 2.45) is 0 Å². The number of furan rings is 1. The van der Waals surface area contributed by atoms with Gasteiger partial charge in [-0.15, -0.1) is 0 Å². The highest BCUT2D eigenvalue weighted by molar-refractivity contribution is 6.22. The topological polar surface area (TPSA) is 56.7 Å². The summed E-state index contributed by atoms with van der Waals surface area (Å²) in [5, 5.41) is 11.8. The van der Waals surface area contributed by atoms with Crippen LogP contribution in [0.5, 0.6) is 0 Å². The lowest BCUT2D eigenvalue weighted by Crippen LogP contribution is -2.00. The van der Waals surface area contributed by atoms with Crippen LogP contribution < -0.4 is 0 Å². The van der Waals surface area contributed by atoms with Crippen LogP contribution >= 0.6 is 0 Å². The maximum Gasteiger partial charge on any atom is 0.164 e. The Morgan fingerprint density at radius 1 is 0.435 bits per heavy atom. The van der Waals surface area contributed by atoms with Crippen molar-refractivity contribution in [2.45, 2.75) is 12.3 Å². The molecule has 0 saturated heterocycles. The van der Waals surface area contributed by atoms with Crippen molar-refractivity contribution in [1.29, 1.82) is 0 Å². The second-order valence-electron chi connectivity index (χ2n) is 16.3. The number of benzene rings is 9. The molecule has 1 aliphatic rings. The van der Waals surface area contributed by atoms with Crippen molar-refractivity contribution in [3.63, 3.8) is 0 Å². The molecule has 12 aromatic rings. The van der Waals surface area contributed by atoms with Gasteiger partial charge in [-0.25, -0.2) is 15.0 Å². The predicted octanol–water partition coefficient (Wildman–Crippen LogP) is 14.9. The molecule has 3 heterocycles. The lowest BCUT2D eigenvalue weighted by atomic mass is 9.87. The van der Waals surface area contributed by atoms with Gasteiger partial charge in [0.25, 0.3) is 0 Å². The number of aromatic nitrogens is 4. The highest BCUT2D eigenvalue weighted by Crippen LogP contribution is 2.43. The van der Waals surface area contributed by atoms with Gasteiger partial charge in [-0.2, -0.15) is 0 Å². The molecule has 9 aromatic carbocycles. The number of nitrogens with zero attached hydrogens (tertiary/aromatic N) is 4. The van der Waals surface area contributed by atoms with Crippen LogP contribution in [0.15, 0.2) is 205 Å². The van der Waals surface area contributed by atoms with Gasteiger partial charge in [0.2, 0.25) is 0 Å². The zero-order valence-electron chi connectivity index (χ0n) is 33.5. The Morgan fingerprint density at radius 3 is 1.68 bits per heavy atom. The second-order valence-corrected chi connectivity index (χ2v) is 16.3. The number of fused-ring (bicyclic) bond motifs is 10. The van der Waals surface area contributed by atoms with Crippen molar-refractivity contribution in [3.05, 3.63) is 206 Å². The van der Waals surface area contributed by atoms with Gasteiger partial charge in [0.05, 0.1) is 11.0 Å². The summed E-state index contributed by atoms with van der Waals surface area (Å²) in [4.78, 5) is 15.3. The standard InChI is InChI=1S/C57H36N4O/c1-2-14-37(15-3-1)49-34-51-54(47-19-9-8-18-44(47)49)48-20-10-11-21-50(48)61(51)43-27-29-46-45-28-26-42(32-52(45)62-53(46)33-43)57-59-55(40-24-22-35-12-4-6-16-38(35)30-40)58-56(60-57)41-25-23-36-13-5-7-17-39(36)31-41/h1-14,16-34,37H,15H2. The predicted molar refractivity (Wildman–Crippen MR) is 256 cm³/mol. The van der Waals surface area contributed by atoms with Gasteiger partial charge in [-0.05, 0) is 92.8 Å². The minimum Gasteiger partial charge on any atom is -0.456 e. The summed E-state index contributed by atoms with van der Waals surface area (Å²) in [6.45, 7) is 0. The number of hydrogen-bond donors (Lipinski definition) is 0. The summed E-state index contributed by atoms with van der Waals surface area (Å²) in [7, 11) is 0. The van der Waals surface area contributed by atoms with Gasteiger partial charge >= 0.3 is 0 Å². The molecule has 0 spiro atoms. The van der Waals surface area contributed by atoms with E-state index in [2.05, 4.69) is 205 Å². The Hall–Kier alpha value is -8.15. The van der Waals surface area contributed by atoms with Crippen molar-refractivity contribution in [3.8, 4) is 39.9 Å². The van der Waals surface area contributed by atoms with Crippen molar-refractivity contribution in [2.75, 3.05) is 0 Å². The van der Waals surface area contributed by atoms with E-state index in [1.54, 1.807) is 0 Å². The molecule has 1 atom stereocenters. The molecule has 0 saturated carbocycles. The zero-order valence-corrected chi connectivity index (χ0v) is 33.5. The van der Waals surface area contributed by atoms with Crippen LogP contribution in [0.1, 0.15) is 17.9 Å². The average molecular weight is 793 g/mol. The first-order valence-corrected chi connectivity index (χ1v) is 21.2. The van der Waals surface area contributed by atoms with Gasteiger partial charge in [0, 0.05) is 55.9 Å². The molecule has 290 valence electrons. The normalized spacial score (nSPS) is 14.1. The molecule has 5 heteroatoms. The fourth-order valence-corrected chi connectivity index (χ4v) is 9.72. The third kappa shape index (κ3) is 5.52. The molecule has 0 fully saturated rings. The summed E-state index contributed by atoms with van der Waals surface area (Å²) in [5.41, 5.74) is 9.10. The third-order valence-corrected chi connectivity index (χ3v) is 12.7. The Balaban J connectivity index is 0.966. The maximum atomic E-state index is 6.79. The molecule has 0 N–H and O–H groups in total. The van der Waals surface area contributed by atoms with Gasteiger partial charge < -0.3 is 8.98 Å². The Bertz CT molecular complexity index is 3770. The van der Waals surface area contributed by atoms with E-state index in [1.165, 1.54) is 48.9 Å². The highest BCUT2D eigenvalue weighted by Gasteiger charge is 2.21. The first-order chi connectivity index (χ1) is 30.7. The molecular formula is C57H36N4O. The lowest BCUT2D eigenvalue weighted by molar-refractivity contribution is 0.668. The summed E-state index contributed by atoms with van der Waals surface area (Å²) in [6, 6.07) is 62.5. The molecule has 1 aliphatic carbocycles. The van der Waals surface area contributed by atoms with Crippen molar-refractivity contribution >= 4 is 76.1 Å². The largest absolute Gasteiger partial charge is 0.456 e. The van der Waals surface area contributed by atoms with Gasteiger partial charge in [0.1, 0.15) is 11.2 Å². The van der Waals surface area contributed by atoms with E-state index in [1.807, 2.05) is 0 Å². The van der Waals surface area contributed by atoms with Crippen LogP contribution in [0, 0.1) is 0 Å².